The Kier molecular flexibility index (Phi) is 3.85. The van der Waals surface area contributed by atoms with Crippen LogP contribution in [0.4, 0.5) is 0 Å². The predicted molar refractivity (Wildman–Crippen MR) is 77.5 cm³/mol. The highest BCUT2D eigenvalue weighted by molar-refractivity contribution is 6.34. The first-order valence-corrected chi connectivity index (χ1v) is 7.05. The molecule has 0 saturated carbocycles. The minimum absolute atomic E-state index is 0.0723. The van der Waals surface area contributed by atoms with Crippen LogP contribution in [0.1, 0.15) is 16.8 Å². The van der Waals surface area contributed by atoms with Crippen LogP contribution in [0.15, 0.2) is 24.5 Å². The maximum atomic E-state index is 12.5. The van der Waals surface area contributed by atoms with Crippen LogP contribution < -0.4 is 5.32 Å². The minimum atomic E-state index is -0.0723. The molecule has 2 aromatic rings. The Labute approximate surface area is 126 Å². The molecule has 1 unspecified atom stereocenters. The molecular weight excluding hydrogens is 292 g/mol. The Morgan fingerprint density at radius 2 is 2.38 bits per heavy atom. The van der Waals surface area contributed by atoms with Crippen molar-refractivity contribution in [1.82, 2.24) is 30.4 Å². The van der Waals surface area contributed by atoms with Crippen molar-refractivity contribution in [3.63, 3.8) is 0 Å². The minimum Gasteiger partial charge on any atom is -0.337 e. The predicted octanol–water partition coefficient (Wildman–Crippen LogP) is 0.750. The Morgan fingerprint density at radius 3 is 3.00 bits per heavy atom. The van der Waals surface area contributed by atoms with Crippen molar-refractivity contribution in [2.45, 2.75) is 12.5 Å². The molecule has 1 aliphatic heterocycles. The van der Waals surface area contributed by atoms with Gasteiger partial charge in [-0.05, 0) is 41.6 Å². The van der Waals surface area contributed by atoms with Crippen molar-refractivity contribution in [2.24, 2.45) is 0 Å². The molecule has 110 valence electrons. The van der Waals surface area contributed by atoms with Gasteiger partial charge in [-0.25, -0.2) is 4.68 Å². The lowest BCUT2D eigenvalue weighted by Crippen LogP contribution is -2.38. The summed E-state index contributed by atoms with van der Waals surface area (Å²) in [6.07, 6.45) is 2.44. The summed E-state index contributed by atoms with van der Waals surface area (Å²) in [5.74, 6) is -0.0723. The molecule has 0 aliphatic carbocycles. The summed E-state index contributed by atoms with van der Waals surface area (Å²) in [6.45, 7) is 1.76. The summed E-state index contributed by atoms with van der Waals surface area (Å²) in [5.41, 5.74) is 1.20. The number of amides is 1. The number of carbonyl (C=O) groups excluding carboxylic acids is 1. The van der Waals surface area contributed by atoms with Gasteiger partial charge >= 0.3 is 0 Å². The molecule has 0 spiro atoms. The second-order valence-corrected chi connectivity index (χ2v) is 5.39. The molecule has 2 heterocycles. The van der Waals surface area contributed by atoms with Crippen LogP contribution >= 0.6 is 11.6 Å². The Morgan fingerprint density at radius 1 is 1.52 bits per heavy atom. The lowest BCUT2D eigenvalue weighted by molar-refractivity contribution is 0.0744. The van der Waals surface area contributed by atoms with Crippen molar-refractivity contribution >= 4 is 17.5 Å². The number of carbonyl (C=O) groups is 1. The van der Waals surface area contributed by atoms with E-state index in [9.17, 15) is 4.79 Å². The van der Waals surface area contributed by atoms with Gasteiger partial charge < -0.3 is 10.2 Å². The first kappa shape index (κ1) is 14.0. The van der Waals surface area contributed by atoms with Crippen molar-refractivity contribution in [2.75, 3.05) is 20.1 Å². The standard InChI is InChI=1S/C13H15ClN6O/c1-19(10-4-5-15-7-10)13(21)11-3-2-9(6-12(11)14)20-8-16-17-18-20/h2-3,6,8,10,15H,4-5,7H2,1H3. The van der Waals surface area contributed by atoms with Gasteiger partial charge in [0.25, 0.3) is 5.91 Å². The van der Waals surface area contributed by atoms with E-state index in [0.717, 1.165) is 19.5 Å². The maximum absolute atomic E-state index is 12.5. The number of benzene rings is 1. The van der Waals surface area contributed by atoms with Gasteiger partial charge in [-0.15, -0.1) is 5.10 Å². The smallest absolute Gasteiger partial charge is 0.255 e. The number of nitrogens with one attached hydrogen (secondary N) is 1. The molecule has 3 rings (SSSR count). The molecular formula is C13H15ClN6O. The van der Waals surface area contributed by atoms with Gasteiger partial charge in [0.1, 0.15) is 6.33 Å². The first-order valence-electron chi connectivity index (χ1n) is 6.67. The zero-order chi connectivity index (χ0) is 14.8. The quantitative estimate of drug-likeness (QED) is 0.905. The second kappa shape index (κ2) is 5.79. The maximum Gasteiger partial charge on any atom is 0.255 e. The zero-order valence-electron chi connectivity index (χ0n) is 11.5. The fraction of sp³-hybridized carbons (Fsp3) is 0.385. The largest absolute Gasteiger partial charge is 0.337 e. The topological polar surface area (TPSA) is 75.9 Å². The SMILES string of the molecule is CN(C(=O)c1ccc(-n2cnnn2)cc1Cl)C1CCNC1. The zero-order valence-corrected chi connectivity index (χ0v) is 12.3. The fourth-order valence-electron chi connectivity index (χ4n) is 2.43. The van der Waals surface area contributed by atoms with E-state index < -0.39 is 0 Å². The Balaban J connectivity index is 1.83. The van der Waals surface area contributed by atoms with Crippen molar-refractivity contribution in [1.29, 1.82) is 0 Å². The molecule has 1 aliphatic rings. The van der Waals surface area contributed by atoms with Gasteiger partial charge in [0.2, 0.25) is 0 Å². The Hall–Kier alpha value is -1.99. The summed E-state index contributed by atoms with van der Waals surface area (Å²) in [6, 6.07) is 5.38. The number of hydrogen-bond acceptors (Lipinski definition) is 5. The molecule has 8 heteroatoms. The number of hydrogen-bond donors (Lipinski definition) is 1. The molecule has 1 aromatic carbocycles. The lowest BCUT2D eigenvalue weighted by atomic mass is 10.1. The third kappa shape index (κ3) is 2.74. The van der Waals surface area contributed by atoms with E-state index in [1.807, 2.05) is 7.05 Å². The van der Waals surface area contributed by atoms with Gasteiger partial charge in [0, 0.05) is 19.6 Å². The average Bonchev–Trinajstić information content (AvgIpc) is 3.18. The highest BCUT2D eigenvalue weighted by atomic mass is 35.5. The van der Waals surface area contributed by atoms with Crippen molar-refractivity contribution < 1.29 is 4.79 Å². The normalized spacial score (nSPS) is 17.9. The van der Waals surface area contributed by atoms with Crippen LogP contribution in [0.5, 0.6) is 0 Å². The molecule has 1 saturated heterocycles. The number of rotatable bonds is 3. The van der Waals surface area contributed by atoms with E-state index in [0.29, 0.717) is 16.3 Å². The monoisotopic (exact) mass is 306 g/mol. The summed E-state index contributed by atoms with van der Waals surface area (Å²) < 4.78 is 1.49. The number of tetrazole rings is 1. The summed E-state index contributed by atoms with van der Waals surface area (Å²) in [7, 11) is 1.81. The first-order chi connectivity index (χ1) is 10.2. The van der Waals surface area contributed by atoms with E-state index in [-0.39, 0.29) is 11.9 Å². The van der Waals surface area contributed by atoms with Crippen molar-refractivity contribution in [3.8, 4) is 5.69 Å². The molecule has 1 aromatic heterocycles. The van der Waals surface area contributed by atoms with Crippen LogP contribution in [0.25, 0.3) is 5.69 Å². The molecule has 1 N–H and O–H groups in total. The third-order valence-electron chi connectivity index (χ3n) is 3.70. The average molecular weight is 307 g/mol. The number of nitrogens with zero attached hydrogens (tertiary/aromatic N) is 5. The molecule has 21 heavy (non-hydrogen) atoms. The molecule has 1 fully saturated rings. The van der Waals surface area contributed by atoms with Crippen molar-refractivity contribution in [3.05, 3.63) is 35.1 Å². The van der Waals surface area contributed by atoms with Gasteiger partial charge in [-0.1, -0.05) is 11.6 Å². The lowest BCUT2D eigenvalue weighted by Gasteiger charge is -2.24. The molecule has 1 amide bonds. The van der Waals surface area contributed by atoms with E-state index in [1.54, 1.807) is 23.1 Å². The second-order valence-electron chi connectivity index (χ2n) is 4.98. The fourth-order valence-corrected chi connectivity index (χ4v) is 2.68. The van der Waals surface area contributed by atoms with E-state index in [4.69, 9.17) is 11.6 Å². The van der Waals surface area contributed by atoms with Gasteiger partial charge in [0.05, 0.1) is 16.3 Å². The number of likely N-dealkylation sites (N-methyl/N-ethyl adjacent to an activating group) is 1. The number of halogens is 1. The van der Waals surface area contributed by atoms with Gasteiger partial charge in [-0.2, -0.15) is 0 Å². The van der Waals surface area contributed by atoms with Crippen LogP contribution in [-0.4, -0.2) is 57.2 Å². The van der Waals surface area contributed by atoms with E-state index in [2.05, 4.69) is 20.8 Å². The highest BCUT2D eigenvalue weighted by Gasteiger charge is 2.25. The summed E-state index contributed by atoms with van der Waals surface area (Å²) >= 11 is 6.25. The van der Waals surface area contributed by atoms with Crippen LogP contribution in [0.2, 0.25) is 5.02 Å². The summed E-state index contributed by atoms with van der Waals surface area (Å²) in [4.78, 5) is 14.3. The summed E-state index contributed by atoms with van der Waals surface area (Å²) in [5, 5.41) is 14.6. The number of aromatic nitrogens is 4. The van der Waals surface area contributed by atoms with Crippen LogP contribution in [0, 0.1) is 0 Å². The Bertz CT molecular complexity index is 638. The molecule has 0 radical (unpaired) electrons. The van der Waals surface area contributed by atoms with Crippen LogP contribution in [0.3, 0.4) is 0 Å². The van der Waals surface area contributed by atoms with E-state index in [1.165, 1.54) is 11.0 Å². The molecule has 0 bridgehead atoms. The van der Waals surface area contributed by atoms with Gasteiger partial charge in [-0.3, -0.25) is 4.79 Å². The van der Waals surface area contributed by atoms with Crippen LogP contribution in [-0.2, 0) is 0 Å². The molecule has 7 nitrogen and oxygen atoms in total. The van der Waals surface area contributed by atoms with Gasteiger partial charge in [0.15, 0.2) is 0 Å². The highest BCUT2D eigenvalue weighted by Crippen LogP contribution is 2.22. The third-order valence-corrected chi connectivity index (χ3v) is 4.01. The van der Waals surface area contributed by atoms with E-state index >= 15 is 0 Å². The molecule has 1 atom stereocenters.